The van der Waals surface area contributed by atoms with Crippen LogP contribution in [0.15, 0.2) is 59.0 Å². The van der Waals surface area contributed by atoms with Gasteiger partial charge in [-0.15, -0.1) is 0 Å². The molecule has 0 saturated heterocycles. The van der Waals surface area contributed by atoms with E-state index in [4.69, 9.17) is 14.3 Å². The van der Waals surface area contributed by atoms with Gasteiger partial charge in [-0.25, -0.2) is 0 Å². The Morgan fingerprint density at radius 3 is 2.52 bits per heavy atom. The smallest absolute Gasteiger partial charge is 0.306 e. The first kappa shape index (κ1) is 19.1. The van der Waals surface area contributed by atoms with Gasteiger partial charge in [-0.2, -0.15) is 0 Å². The van der Waals surface area contributed by atoms with Crippen LogP contribution in [0.25, 0.3) is 10.8 Å². The van der Waals surface area contributed by atoms with Crippen molar-refractivity contribution in [2.75, 3.05) is 0 Å². The molecular formula is C23H23NO5. The SMILES string of the molecule is O=C(NC1CCC(C(=O)O)CC1)c1ccc(COc2ccc3ccccc3c2)o1. The molecule has 0 radical (unpaired) electrons. The second-order valence-corrected chi connectivity index (χ2v) is 7.42. The van der Waals surface area contributed by atoms with Gasteiger partial charge in [-0.3, -0.25) is 9.59 Å². The average molecular weight is 393 g/mol. The van der Waals surface area contributed by atoms with Gasteiger partial charge >= 0.3 is 5.97 Å². The van der Waals surface area contributed by atoms with Crippen molar-refractivity contribution in [3.8, 4) is 5.75 Å². The van der Waals surface area contributed by atoms with Gasteiger partial charge in [0.25, 0.3) is 5.91 Å². The van der Waals surface area contributed by atoms with Crippen LogP contribution in [0, 0.1) is 5.92 Å². The summed E-state index contributed by atoms with van der Waals surface area (Å²) < 4.78 is 11.4. The summed E-state index contributed by atoms with van der Waals surface area (Å²) in [5.74, 6) is 0.213. The number of furan rings is 1. The maximum Gasteiger partial charge on any atom is 0.306 e. The largest absolute Gasteiger partial charge is 0.486 e. The van der Waals surface area contributed by atoms with E-state index in [-0.39, 0.29) is 30.2 Å². The highest BCUT2D eigenvalue weighted by atomic mass is 16.5. The van der Waals surface area contributed by atoms with Crippen LogP contribution in [0.1, 0.15) is 42.0 Å². The van der Waals surface area contributed by atoms with E-state index in [1.807, 2.05) is 42.5 Å². The lowest BCUT2D eigenvalue weighted by Crippen LogP contribution is -2.38. The molecule has 1 aliphatic carbocycles. The van der Waals surface area contributed by atoms with E-state index in [9.17, 15) is 9.59 Å². The molecule has 1 aromatic heterocycles. The summed E-state index contributed by atoms with van der Waals surface area (Å²) in [6.45, 7) is 0.231. The summed E-state index contributed by atoms with van der Waals surface area (Å²) in [5.41, 5.74) is 0. The van der Waals surface area contributed by atoms with E-state index < -0.39 is 5.97 Å². The molecule has 1 saturated carbocycles. The highest BCUT2D eigenvalue weighted by molar-refractivity contribution is 5.91. The van der Waals surface area contributed by atoms with E-state index in [1.54, 1.807) is 12.1 Å². The van der Waals surface area contributed by atoms with Gasteiger partial charge in [0, 0.05) is 6.04 Å². The zero-order chi connectivity index (χ0) is 20.2. The minimum Gasteiger partial charge on any atom is -0.486 e. The summed E-state index contributed by atoms with van der Waals surface area (Å²) in [6, 6.07) is 17.3. The summed E-state index contributed by atoms with van der Waals surface area (Å²) in [5, 5.41) is 14.2. The quantitative estimate of drug-likeness (QED) is 0.649. The fourth-order valence-electron chi connectivity index (χ4n) is 3.73. The van der Waals surface area contributed by atoms with Gasteiger partial charge in [0.2, 0.25) is 0 Å². The number of hydrogen-bond acceptors (Lipinski definition) is 4. The Morgan fingerprint density at radius 2 is 1.76 bits per heavy atom. The van der Waals surface area contributed by atoms with Crippen LogP contribution in [-0.2, 0) is 11.4 Å². The Bertz CT molecular complexity index is 1020. The van der Waals surface area contributed by atoms with E-state index in [0.717, 1.165) is 16.5 Å². The number of ether oxygens (including phenoxy) is 1. The molecule has 150 valence electrons. The first-order chi connectivity index (χ1) is 14.1. The van der Waals surface area contributed by atoms with Gasteiger partial charge in [-0.05, 0) is 60.7 Å². The average Bonchev–Trinajstić information content (AvgIpc) is 3.22. The van der Waals surface area contributed by atoms with Crippen molar-refractivity contribution in [3.63, 3.8) is 0 Å². The summed E-state index contributed by atoms with van der Waals surface area (Å²) in [7, 11) is 0. The lowest BCUT2D eigenvalue weighted by molar-refractivity contribution is -0.142. The molecule has 1 heterocycles. The molecule has 29 heavy (non-hydrogen) atoms. The Morgan fingerprint density at radius 1 is 1.00 bits per heavy atom. The van der Waals surface area contributed by atoms with Crippen molar-refractivity contribution in [3.05, 3.63) is 66.1 Å². The number of benzene rings is 2. The van der Waals surface area contributed by atoms with Crippen molar-refractivity contribution in [2.24, 2.45) is 5.92 Å². The Hall–Kier alpha value is -3.28. The third-order valence-electron chi connectivity index (χ3n) is 5.40. The maximum absolute atomic E-state index is 12.4. The minimum absolute atomic E-state index is 0.0134. The number of hydrogen-bond donors (Lipinski definition) is 2. The molecule has 1 aliphatic rings. The fourth-order valence-corrected chi connectivity index (χ4v) is 3.73. The second kappa shape index (κ2) is 8.39. The summed E-state index contributed by atoms with van der Waals surface area (Å²) in [4.78, 5) is 23.4. The zero-order valence-electron chi connectivity index (χ0n) is 16.0. The first-order valence-corrected chi connectivity index (χ1v) is 9.82. The first-order valence-electron chi connectivity index (χ1n) is 9.82. The molecule has 0 spiro atoms. The molecule has 0 atom stereocenters. The molecular weight excluding hydrogens is 370 g/mol. The minimum atomic E-state index is -0.753. The Kier molecular flexibility index (Phi) is 5.51. The molecule has 6 nitrogen and oxygen atoms in total. The number of fused-ring (bicyclic) bond motifs is 1. The van der Waals surface area contributed by atoms with E-state index in [1.165, 1.54) is 0 Å². The maximum atomic E-state index is 12.4. The number of carboxylic acid groups (broad SMARTS) is 1. The molecule has 1 amide bonds. The molecule has 6 heteroatoms. The second-order valence-electron chi connectivity index (χ2n) is 7.42. The van der Waals surface area contributed by atoms with Gasteiger partial charge in [0.05, 0.1) is 5.92 Å². The van der Waals surface area contributed by atoms with Crippen LogP contribution < -0.4 is 10.1 Å². The molecule has 0 bridgehead atoms. The van der Waals surface area contributed by atoms with Crippen LogP contribution in [-0.4, -0.2) is 23.0 Å². The molecule has 3 aromatic rings. The van der Waals surface area contributed by atoms with Gasteiger partial charge < -0.3 is 19.6 Å². The normalized spacial score (nSPS) is 19.0. The number of nitrogens with one attached hydrogen (secondary N) is 1. The monoisotopic (exact) mass is 393 g/mol. The van der Waals surface area contributed by atoms with E-state index in [0.29, 0.717) is 31.4 Å². The van der Waals surface area contributed by atoms with Crippen LogP contribution in [0.5, 0.6) is 5.75 Å². The number of rotatable bonds is 6. The van der Waals surface area contributed by atoms with E-state index >= 15 is 0 Å². The third kappa shape index (κ3) is 4.59. The number of carboxylic acids is 1. The predicted molar refractivity (Wildman–Crippen MR) is 108 cm³/mol. The van der Waals surface area contributed by atoms with Crippen molar-refractivity contribution < 1.29 is 23.8 Å². The van der Waals surface area contributed by atoms with E-state index in [2.05, 4.69) is 5.32 Å². The Balaban J connectivity index is 1.30. The molecule has 0 aliphatic heterocycles. The number of carbonyl (C=O) groups is 2. The number of carbonyl (C=O) groups excluding carboxylic acids is 1. The number of aliphatic carboxylic acids is 1. The summed E-state index contributed by atoms with van der Waals surface area (Å²) >= 11 is 0. The van der Waals surface area contributed by atoms with Crippen LogP contribution >= 0.6 is 0 Å². The zero-order valence-corrected chi connectivity index (χ0v) is 16.0. The van der Waals surface area contributed by atoms with Crippen LogP contribution in [0.4, 0.5) is 0 Å². The highest BCUT2D eigenvalue weighted by Gasteiger charge is 2.27. The molecule has 1 fully saturated rings. The van der Waals surface area contributed by atoms with Crippen LogP contribution in [0.2, 0.25) is 0 Å². The highest BCUT2D eigenvalue weighted by Crippen LogP contribution is 2.25. The standard InChI is InChI=1S/C23H23NO5/c25-22(24-18-8-5-16(6-9-18)23(26)27)21-12-11-20(29-21)14-28-19-10-7-15-3-1-2-4-17(15)13-19/h1-4,7,10-13,16,18H,5-6,8-9,14H2,(H,24,25)(H,26,27). The topological polar surface area (TPSA) is 88.8 Å². The molecule has 0 unspecified atom stereocenters. The van der Waals surface area contributed by atoms with Gasteiger partial charge in [0.1, 0.15) is 18.1 Å². The molecule has 2 N–H and O–H groups in total. The lowest BCUT2D eigenvalue weighted by atomic mass is 9.86. The van der Waals surface area contributed by atoms with Crippen molar-refractivity contribution in [1.82, 2.24) is 5.32 Å². The van der Waals surface area contributed by atoms with Gasteiger partial charge in [0.15, 0.2) is 5.76 Å². The van der Waals surface area contributed by atoms with Crippen molar-refractivity contribution in [1.29, 1.82) is 0 Å². The molecule has 2 aromatic carbocycles. The predicted octanol–water partition coefficient (Wildman–Crippen LogP) is 4.39. The van der Waals surface area contributed by atoms with Gasteiger partial charge in [-0.1, -0.05) is 30.3 Å². The van der Waals surface area contributed by atoms with Crippen molar-refractivity contribution >= 4 is 22.6 Å². The molecule has 4 rings (SSSR count). The fraction of sp³-hybridized carbons (Fsp3) is 0.304. The Labute approximate surface area is 168 Å². The third-order valence-corrected chi connectivity index (χ3v) is 5.40. The summed E-state index contributed by atoms with van der Waals surface area (Å²) in [6.07, 6.45) is 2.51. The van der Waals surface area contributed by atoms with Crippen LogP contribution in [0.3, 0.4) is 0 Å². The lowest BCUT2D eigenvalue weighted by Gasteiger charge is -2.26. The van der Waals surface area contributed by atoms with Crippen molar-refractivity contribution in [2.45, 2.75) is 38.3 Å². The number of amides is 1.